The maximum atomic E-state index is 12.5. The van der Waals surface area contributed by atoms with Crippen molar-refractivity contribution in [1.82, 2.24) is 9.97 Å². The molecule has 0 aliphatic heterocycles. The van der Waals surface area contributed by atoms with Crippen molar-refractivity contribution in [1.29, 1.82) is 0 Å². The van der Waals surface area contributed by atoms with Crippen LogP contribution in [0.25, 0.3) is 20.7 Å². The minimum atomic E-state index is -4.32. The van der Waals surface area contributed by atoms with E-state index in [1.54, 1.807) is 6.07 Å². The molecule has 0 aliphatic carbocycles. The van der Waals surface area contributed by atoms with Gasteiger partial charge in [0.25, 0.3) is 0 Å². The molecular weight excluding hydrogens is 287 g/mol. The Hall–Kier alpha value is -2.15. The minimum Gasteiger partial charge on any atom is -0.383 e. The Kier molecular flexibility index (Phi) is 2.86. The predicted octanol–water partition coefficient (Wildman–Crippen LogP) is 3.96. The van der Waals surface area contributed by atoms with Gasteiger partial charge >= 0.3 is 6.18 Å². The molecule has 0 saturated carbocycles. The molecule has 0 fully saturated rings. The molecule has 20 heavy (non-hydrogen) atoms. The topological polar surface area (TPSA) is 51.8 Å². The van der Waals surface area contributed by atoms with Gasteiger partial charge in [0.1, 0.15) is 17.0 Å². The molecule has 0 atom stereocenters. The fraction of sp³-hybridized carbons (Fsp3) is 0.0769. The average molecular weight is 295 g/mol. The summed E-state index contributed by atoms with van der Waals surface area (Å²) >= 11 is 1.37. The number of benzene rings is 1. The zero-order valence-corrected chi connectivity index (χ0v) is 10.8. The number of nitrogen functional groups attached to an aromatic ring is 1. The van der Waals surface area contributed by atoms with Crippen molar-refractivity contribution in [2.45, 2.75) is 6.18 Å². The first kappa shape index (κ1) is 12.9. The van der Waals surface area contributed by atoms with Crippen LogP contribution in [0.2, 0.25) is 0 Å². The number of hydrogen-bond acceptors (Lipinski definition) is 4. The van der Waals surface area contributed by atoms with Gasteiger partial charge in [-0.2, -0.15) is 13.2 Å². The van der Waals surface area contributed by atoms with E-state index in [1.807, 2.05) is 0 Å². The smallest absolute Gasteiger partial charge is 0.383 e. The maximum Gasteiger partial charge on any atom is 0.416 e. The van der Waals surface area contributed by atoms with Crippen LogP contribution in [0.5, 0.6) is 0 Å². The zero-order valence-electron chi connectivity index (χ0n) is 9.98. The molecule has 1 aromatic carbocycles. The first-order chi connectivity index (χ1) is 9.45. The molecule has 102 valence electrons. The third-order valence-corrected chi connectivity index (χ3v) is 3.95. The van der Waals surface area contributed by atoms with E-state index in [4.69, 9.17) is 5.73 Å². The summed E-state index contributed by atoms with van der Waals surface area (Å²) in [5, 5.41) is 0.715. The molecule has 0 radical (unpaired) electrons. The third-order valence-electron chi connectivity index (χ3n) is 2.86. The Morgan fingerprint density at radius 3 is 2.35 bits per heavy atom. The second kappa shape index (κ2) is 4.45. The van der Waals surface area contributed by atoms with Crippen molar-refractivity contribution >= 4 is 27.4 Å². The molecule has 0 amide bonds. The summed E-state index contributed by atoms with van der Waals surface area (Å²) < 4.78 is 37.5. The van der Waals surface area contributed by atoms with Crippen molar-refractivity contribution < 1.29 is 13.2 Å². The van der Waals surface area contributed by atoms with Crippen molar-refractivity contribution in [3.8, 4) is 10.4 Å². The third kappa shape index (κ3) is 2.20. The van der Waals surface area contributed by atoms with Crippen molar-refractivity contribution in [2.75, 3.05) is 5.73 Å². The molecule has 3 aromatic rings. The molecule has 2 heterocycles. The second-order valence-electron chi connectivity index (χ2n) is 4.16. The molecule has 0 saturated heterocycles. The fourth-order valence-electron chi connectivity index (χ4n) is 1.84. The lowest BCUT2D eigenvalue weighted by molar-refractivity contribution is -0.137. The predicted molar refractivity (Wildman–Crippen MR) is 72.3 cm³/mol. The molecule has 2 aromatic heterocycles. The average Bonchev–Trinajstić information content (AvgIpc) is 2.83. The number of nitrogens with zero attached hydrogens (tertiary/aromatic N) is 2. The first-order valence-corrected chi connectivity index (χ1v) is 6.44. The fourth-order valence-corrected chi connectivity index (χ4v) is 2.85. The standard InChI is InChI=1S/C13H8F3N3S/c14-13(15,16)8-3-1-7(2-4-8)10-5-9-11(17)18-6-19-12(9)20-10/h1-6H,(H2,17,18,19). The second-order valence-corrected chi connectivity index (χ2v) is 5.19. The van der Waals surface area contributed by atoms with E-state index in [1.165, 1.54) is 29.8 Å². The van der Waals surface area contributed by atoms with Gasteiger partial charge in [-0.1, -0.05) is 12.1 Å². The van der Waals surface area contributed by atoms with E-state index in [2.05, 4.69) is 9.97 Å². The van der Waals surface area contributed by atoms with Crippen LogP contribution in [0.1, 0.15) is 5.56 Å². The number of thiophene rings is 1. The summed E-state index contributed by atoms with van der Waals surface area (Å²) in [6.07, 6.45) is -2.96. The molecule has 0 aliphatic rings. The molecule has 0 bridgehead atoms. The monoisotopic (exact) mass is 295 g/mol. The van der Waals surface area contributed by atoms with Crippen LogP contribution in [0.3, 0.4) is 0 Å². The van der Waals surface area contributed by atoms with Gasteiger partial charge in [-0.15, -0.1) is 11.3 Å². The summed E-state index contributed by atoms with van der Waals surface area (Å²) in [5.74, 6) is 0.365. The Balaban J connectivity index is 2.05. The van der Waals surface area contributed by atoms with E-state index in [-0.39, 0.29) is 0 Å². The number of hydrogen-bond donors (Lipinski definition) is 1. The lowest BCUT2D eigenvalue weighted by atomic mass is 10.1. The number of anilines is 1. The minimum absolute atomic E-state index is 0.365. The lowest BCUT2D eigenvalue weighted by Gasteiger charge is -2.06. The van der Waals surface area contributed by atoms with Gasteiger partial charge in [0.2, 0.25) is 0 Å². The molecule has 7 heteroatoms. The number of halogens is 3. The van der Waals surface area contributed by atoms with E-state index in [0.29, 0.717) is 21.6 Å². The van der Waals surface area contributed by atoms with E-state index < -0.39 is 11.7 Å². The number of rotatable bonds is 1. The van der Waals surface area contributed by atoms with Crippen LogP contribution in [0, 0.1) is 0 Å². The van der Waals surface area contributed by atoms with Gasteiger partial charge in [0, 0.05) is 4.88 Å². The highest BCUT2D eigenvalue weighted by molar-refractivity contribution is 7.21. The largest absolute Gasteiger partial charge is 0.416 e. The van der Waals surface area contributed by atoms with Gasteiger partial charge in [-0.3, -0.25) is 0 Å². The van der Waals surface area contributed by atoms with Crippen molar-refractivity contribution in [3.63, 3.8) is 0 Å². The van der Waals surface area contributed by atoms with Gasteiger partial charge in [0.15, 0.2) is 0 Å². The maximum absolute atomic E-state index is 12.5. The lowest BCUT2D eigenvalue weighted by Crippen LogP contribution is -2.03. The molecule has 3 rings (SSSR count). The van der Waals surface area contributed by atoms with Crippen LogP contribution in [-0.4, -0.2) is 9.97 Å². The highest BCUT2D eigenvalue weighted by Crippen LogP contribution is 2.36. The summed E-state index contributed by atoms with van der Waals surface area (Å²) in [6, 6.07) is 6.80. The van der Waals surface area contributed by atoms with Gasteiger partial charge in [0.05, 0.1) is 10.9 Å². The van der Waals surface area contributed by atoms with Crippen LogP contribution < -0.4 is 5.73 Å². The summed E-state index contributed by atoms with van der Waals surface area (Å²) in [5.41, 5.74) is 5.77. The zero-order chi connectivity index (χ0) is 14.3. The summed E-state index contributed by atoms with van der Waals surface area (Å²) in [6.45, 7) is 0. The number of fused-ring (bicyclic) bond motifs is 1. The van der Waals surface area contributed by atoms with Crippen molar-refractivity contribution in [3.05, 3.63) is 42.2 Å². The van der Waals surface area contributed by atoms with Crippen LogP contribution >= 0.6 is 11.3 Å². The molecule has 0 spiro atoms. The molecule has 2 N–H and O–H groups in total. The summed E-state index contributed by atoms with van der Waals surface area (Å²) in [7, 11) is 0. The summed E-state index contributed by atoms with van der Waals surface area (Å²) in [4.78, 5) is 9.50. The highest BCUT2D eigenvalue weighted by atomic mass is 32.1. The van der Waals surface area contributed by atoms with Crippen LogP contribution in [-0.2, 0) is 6.18 Å². The van der Waals surface area contributed by atoms with E-state index in [9.17, 15) is 13.2 Å². The Morgan fingerprint density at radius 1 is 1.05 bits per heavy atom. The Morgan fingerprint density at radius 2 is 1.75 bits per heavy atom. The Labute approximate surface area is 115 Å². The van der Waals surface area contributed by atoms with Gasteiger partial charge in [-0.05, 0) is 23.8 Å². The van der Waals surface area contributed by atoms with Gasteiger partial charge in [-0.25, -0.2) is 9.97 Å². The van der Waals surface area contributed by atoms with Crippen molar-refractivity contribution in [2.24, 2.45) is 0 Å². The van der Waals surface area contributed by atoms with Crippen LogP contribution in [0.4, 0.5) is 19.0 Å². The first-order valence-electron chi connectivity index (χ1n) is 5.63. The molecular formula is C13H8F3N3S. The number of nitrogens with two attached hydrogens (primary N) is 1. The molecule has 0 unspecified atom stereocenters. The normalized spacial score (nSPS) is 11.9. The molecule has 3 nitrogen and oxygen atoms in total. The SMILES string of the molecule is Nc1ncnc2sc(-c3ccc(C(F)(F)F)cc3)cc12. The Bertz CT molecular complexity index is 763. The van der Waals surface area contributed by atoms with E-state index in [0.717, 1.165) is 17.0 Å². The van der Waals surface area contributed by atoms with Gasteiger partial charge < -0.3 is 5.73 Å². The highest BCUT2D eigenvalue weighted by Gasteiger charge is 2.30. The number of aromatic nitrogens is 2. The number of alkyl halides is 3. The quantitative estimate of drug-likeness (QED) is 0.739. The van der Waals surface area contributed by atoms with E-state index >= 15 is 0 Å². The van der Waals surface area contributed by atoms with Crippen LogP contribution in [0.15, 0.2) is 36.7 Å².